The molecule has 8 heteroatoms. The summed E-state index contributed by atoms with van der Waals surface area (Å²) in [6.45, 7) is 0. The molecule has 2 aromatic carbocycles. The summed E-state index contributed by atoms with van der Waals surface area (Å²) in [6.07, 6.45) is 0. The predicted octanol–water partition coefficient (Wildman–Crippen LogP) is 3.37. The molecule has 0 unspecified atom stereocenters. The van der Waals surface area contributed by atoms with Crippen LogP contribution in [-0.4, -0.2) is 27.2 Å². The average Bonchev–Trinajstić information content (AvgIpc) is 2.51. The Bertz CT molecular complexity index is 788. The number of nitrogens with zero attached hydrogens (tertiary/aromatic N) is 2. The molecular weight excluding hydrogens is 308 g/mol. The van der Waals surface area contributed by atoms with Crippen molar-refractivity contribution in [1.82, 2.24) is 0 Å². The highest BCUT2D eigenvalue weighted by Gasteiger charge is 2.25. The summed E-state index contributed by atoms with van der Waals surface area (Å²) in [5.74, 6) is 0.0308. The van der Waals surface area contributed by atoms with Crippen LogP contribution in [0.25, 0.3) is 0 Å². The lowest BCUT2D eigenvalue weighted by Crippen LogP contribution is -2.03. The highest BCUT2D eigenvalue weighted by molar-refractivity contribution is 7.86. The molecule has 2 aromatic rings. The van der Waals surface area contributed by atoms with Crippen molar-refractivity contribution in [3.05, 3.63) is 42.5 Å². The number of azo groups is 1. The second-order valence-corrected chi connectivity index (χ2v) is 5.52. The van der Waals surface area contributed by atoms with E-state index in [9.17, 15) is 13.0 Å². The maximum atomic E-state index is 11.6. The summed E-state index contributed by atoms with van der Waals surface area (Å²) in [4.78, 5) is -0.492. The fourth-order valence-electron chi connectivity index (χ4n) is 1.82. The van der Waals surface area contributed by atoms with Crippen LogP contribution < -0.4 is 9.47 Å². The molecule has 0 fully saturated rings. The molecule has 0 bridgehead atoms. The van der Waals surface area contributed by atoms with E-state index in [1.165, 1.54) is 26.4 Å². The van der Waals surface area contributed by atoms with Gasteiger partial charge in [-0.3, -0.25) is 4.55 Å². The van der Waals surface area contributed by atoms with Crippen molar-refractivity contribution in [1.29, 1.82) is 0 Å². The van der Waals surface area contributed by atoms with Crippen LogP contribution in [0.3, 0.4) is 0 Å². The minimum atomic E-state index is -4.57. The van der Waals surface area contributed by atoms with Gasteiger partial charge in [-0.2, -0.15) is 13.5 Å². The highest BCUT2D eigenvalue weighted by Crippen LogP contribution is 2.41. The van der Waals surface area contributed by atoms with E-state index in [0.29, 0.717) is 5.69 Å². The molecule has 7 nitrogen and oxygen atoms in total. The van der Waals surface area contributed by atoms with Crippen molar-refractivity contribution in [3.8, 4) is 11.5 Å². The van der Waals surface area contributed by atoms with Crippen molar-refractivity contribution in [2.24, 2.45) is 10.2 Å². The zero-order valence-electron chi connectivity index (χ0n) is 11.9. The molecular formula is C14H14N2O5S. The molecule has 0 aliphatic carbocycles. The molecule has 0 saturated heterocycles. The van der Waals surface area contributed by atoms with Gasteiger partial charge in [0.15, 0.2) is 16.4 Å². The lowest BCUT2D eigenvalue weighted by Gasteiger charge is -2.12. The van der Waals surface area contributed by atoms with Crippen LogP contribution in [0.15, 0.2) is 57.6 Å². The number of hydrogen-bond acceptors (Lipinski definition) is 6. The fourth-order valence-corrected chi connectivity index (χ4v) is 2.61. The van der Waals surface area contributed by atoms with Gasteiger partial charge in [-0.15, -0.1) is 5.11 Å². The van der Waals surface area contributed by atoms with Crippen molar-refractivity contribution in [2.45, 2.75) is 4.90 Å². The smallest absolute Gasteiger partial charge is 0.300 e. The van der Waals surface area contributed by atoms with Crippen LogP contribution in [0.2, 0.25) is 0 Å². The number of ether oxygens (including phenoxy) is 2. The molecule has 0 aliphatic heterocycles. The maximum absolute atomic E-state index is 11.6. The average molecular weight is 322 g/mol. The third-order valence-corrected chi connectivity index (χ3v) is 3.68. The van der Waals surface area contributed by atoms with Gasteiger partial charge in [0.05, 0.1) is 19.9 Å². The molecule has 0 amide bonds. The fraction of sp³-hybridized carbons (Fsp3) is 0.143. The first kappa shape index (κ1) is 15.9. The topological polar surface area (TPSA) is 97.6 Å². The monoisotopic (exact) mass is 322 g/mol. The van der Waals surface area contributed by atoms with Gasteiger partial charge >= 0.3 is 10.1 Å². The van der Waals surface area contributed by atoms with E-state index in [1.54, 1.807) is 24.3 Å². The van der Waals surface area contributed by atoms with Gasteiger partial charge in [0.25, 0.3) is 0 Å². The second-order valence-electron chi connectivity index (χ2n) is 4.16. The predicted molar refractivity (Wildman–Crippen MR) is 80.0 cm³/mol. The van der Waals surface area contributed by atoms with E-state index < -0.39 is 15.0 Å². The molecule has 116 valence electrons. The van der Waals surface area contributed by atoms with Crippen LogP contribution in [0.4, 0.5) is 11.4 Å². The first-order chi connectivity index (χ1) is 10.5. The molecule has 2 rings (SSSR count). The van der Waals surface area contributed by atoms with E-state index in [0.717, 1.165) is 0 Å². The lowest BCUT2D eigenvalue weighted by molar-refractivity contribution is 0.345. The summed E-state index contributed by atoms with van der Waals surface area (Å²) in [6, 6.07) is 11.6. The van der Waals surface area contributed by atoms with E-state index in [2.05, 4.69) is 10.2 Å². The summed E-state index contributed by atoms with van der Waals surface area (Å²) in [7, 11) is -1.95. The van der Waals surface area contributed by atoms with Crippen LogP contribution in [0, 0.1) is 0 Å². The first-order valence-electron chi connectivity index (χ1n) is 6.16. The third-order valence-electron chi connectivity index (χ3n) is 2.77. The first-order valence-corrected chi connectivity index (χ1v) is 7.60. The second kappa shape index (κ2) is 6.54. The Morgan fingerprint density at radius 3 is 2.18 bits per heavy atom. The van der Waals surface area contributed by atoms with Gasteiger partial charge in [-0.25, -0.2) is 0 Å². The zero-order chi connectivity index (χ0) is 16.2. The quantitative estimate of drug-likeness (QED) is 0.672. The molecule has 0 aliphatic rings. The summed E-state index contributed by atoms with van der Waals surface area (Å²) >= 11 is 0. The minimum absolute atomic E-state index is 0.0518. The van der Waals surface area contributed by atoms with Gasteiger partial charge < -0.3 is 9.47 Å². The van der Waals surface area contributed by atoms with E-state index in [-0.39, 0.29) is 17.2 Å². The van der Waals surface area contributed by atoms with E-state index >= 15 is 0 Å². The van der Waals surface area contributed by atoms with Crippen molar-refractivity contribution in [3.63, 3.8) is 0 Å². The van der Waals surface area contributed by atoms with Gasteiger partial charge in [0, 0.05) is 0 Å². The normalized spacial score (nSPS) is 11.6. The number of methoxy groups -OCH3 is 2. The minimum Gasteiger partial charge on any atom is -0.493 e. The number of benzene rings is 2. The highest BCUT2D eigenvalue weighted by atomic mass is 32.2. The van der Waals surface area contributed by atoms with Gasteiger partial charge in [0.1, 0.15) is 5.69 Å². The summed E-state index contributed by atoms with van der Waals surface area (Å²) in [5, 5.41) is 7.81. The Morgan fingerprint density at radius 2 is 1.64 bits per heavy atom. The SMILES string of the molecule is COc1ccc(N=Nc2ccccc2)c(S(=O)(=O)O)c1OC. The Labute approximate surface area is 128 Å². The third kappa shape index (κ3) is 3.41. The van der Waals surface area contributed by atoms with Gasteiger partial charge in [-0.05, 0) is 24.3 Å². The van der Waals surface area contributed by atoms with Crippen LogP contribution in [0.5, 0.6) is 11.5 Å². The van der Waals surface area contributed by atoms with Gasteiger partial charge in [-0.1, -0.05) is 18.2 Å². The summed E-state index contributed by atoms with van der Waals surface area (Å²) in [5.41, 5.74) is 0.488. The Morgan fingerprint density at radius 1 is 0.955 bits per heavy atom. The molecule has 0 heterocycles. The van der Waals surface area contributed by atoms with E-state index in [4.69, 9.17) is 9.47 Å². The van der Waals surface area contributed by atoms with E-state index in [1.807, 2.05) is 6.07 Å². The molecule has 0 atom stereocenters. The standard InChI is InChI=1S/C14H14N2O5S/c1-20-12-9-8-11(14(13(12)21-2)22(17,18)19)16-15-10-6-4-3-5-7-10/h3-9H,1-2H3,(H,17,18,19). The maximum Gasteiger partial charge on any atom is 0.300 e. The number of hydrogen-bond donors (Lipinski definition) is 1. The largest absolute Gasteiger partial charge is 0.493 e. The molecule has 0 saturated carbocycles. The molecule has 1 N–H and O–H groups in total. The van der Waals surface area contributed by atoms with Crippen molar-refractivity contribution < 1.29 is 22.4 Å². The Kier molecular flexibility index (Phi) is 4.74. The molecule has 22 heavy (non-hydrogen) atoms. The lowest BCUT2D eigenvalue weighted by atomic mass is 10.3. The van der Waals surface area contributed by atoms with Crippen LogP contribution in [0.1, 0.15) is 0 Å². The molecule has 0 radical (unpaired) electrons. The van der Waals surface area contributed by atoms with Crippen LogP contribution in [-0.2, 0) is 10.1 Å². The molecule has 0 spiro atoms. The Hall–Kier alpha value is -2.45. The molecule has 0 aromatic heterocycles. The van der Waals surface area contributed by atoms with Gasteiger partial charge in [0.2, 0.25) is 0 Å². The van der Waals surface area contributed by atoms with Crippen molar-refractivity contribution in [2.75, 3.05) is 14.2 Å². The van der Waals surface area contributed by atoms with Crippen molar-refractivity contribution >= 4 is 21.5 Å². The number of rotatable bonds is 5. The van der Waals surface area contributed by atoms with Crippen LogP contribution >= 0.6 is 0 Å². The zero-order valence-corrected chi connectivity index (χ0v) is 12.7. The Balaban J connectivity index is 2.59. The summed E-state index contributed by atoms with van der Waals surface area (Å²) < 4.78 is 42.7.